The summed E-state index contributed by atoms with van der Waals surface area (Å²) in [6, 6.07) is 10.1. The van der Waals surface area contributed by atoms with Gasteiger partial charge in [0, 0.05) is 18.5 Å². The minimum absolute atomic E-state index is 0.0506. The molecule has 0 aromatic heterocycles. The molecule has 2 aromatic rings. The van der Waals surface area contributed by atoms with E-state index in [1.165, 1.54) is 0 Å². The first-order valence-electron chi connectivity index (χ1n) is 14.0. The van der Waals surface area contributed by atoms with Crippen LogP contribution >= 0.6 is 0 Å². The summed E-state index contributed by atoms with van der Waals surface area (Å²) in [7, 11) is 0. The zero-order valence-electron chi connectivity index (χ0n) is 23.7. The van der Waals surface area contributed by atoms with E-state index in [4.69, 9.17) is 14.2 Å². The number of carbonyl (C=O) groups is 2. The molecule has 2 aliphatic rings. The van der Waals surface area contributed by atoms with Crippen LogP contribution in [0.1, 0.15) is 63.8 Å². The van der Waals surface area contributed by atoms with E-state index in [2.05, 4.69) is 18.7 Å². The van der Waals surface area contributed by atoms with Crippen molar-refractivity contribution in [1.29, 1.82) is 0 Å². The molecule has 0 bridgehead atoms. The van der Waals surface area contributed by atoms with Crippen molar-refractivity contribution >= 4 is 17.4 Å². The number of rotatable bonds is 12. The summed E-state index contributed by atoms with van der Waals surface area (Å²) >= 11 is 0. The summed E-state index contributed by atoms with van der Waals surface area (Å²) in [5, 5.41) is 11.5. The van der Waals surface area contributed by atoms with Gasteiger partial charge in [-0.25, -0.2) is 0 Å². The number of hydrogen-bond acceptors (Lipinski definition) is 7. The van der Waals surface area contributed by atoms with Crippen molar-refractivity contribution in [2.45, 2.75) is 59.6 Å². The predicted molar refractivity (Wildman–Crippen MR) is 150 cm³/mol. The molecule has 2 atom stereocenters. The van der Waals surface area contributed by atoms with Crippen molar-refractivity contribution in [3.8, 4) is 17.2 Å². The minimum atomic E-state index is -0.750. The standard InChI is InChI=1S/C31H40N2O6/c1-6-32(7-2)15-10-16-33-28(21-11-14-25(37-8-3)26(19-21)38-9-4)27(30(35)31(33)36)29(34)22-12-13-24-23(18-22)17-20(5)39-24/h11-14,18-20,28,34H,6-10,15-17H2,1-5H3/b29-27-. The molecule has 1 amide bonds. The summed E-state index contributed by atoms with van der Waals surface area (Å²) in [6.07, 6.45) is 1.47. The lowest BCUT2D eigenvalue weighted by Gasteiger charge is -2.27. The molecular formula is C31H40N2O6. The van der Waals surface area contributed by atoms with E-state index in [-0.39, 0.29) is 17.4 Å². The van der Waals surface area contributed by atoms with Gasteiger partial charge in [0.05, 0.1) is 24.8 Å². The van der Waals surface area contributed by atoms with E-state index in [9.17, 15) is 14.7 Å². The molecule has 2 aliphatic heterocycles. The molecule has 2 aromatic carbocycles. The van der Waals surface area contributed by atoms with E-state index in [1.807, 2.05) is 45.0 Å². The van der Waals surface area contributed by atoms with Crippen LogP contribution in [-0.4, -0.2) is 72.1 Å². The van der Waals surface area contributed by atoms with Crippen molar-refractivity contribution < 1.29 is 28.9 Å². The van der Waals surface area contributed by atoms with E-state index >= 15 is 0 Å². The second-order valence-corrected chi connectivity index (χ2v) is 9.90. The number of aliphatic hydroxyl groups excluding tert-OH is 1. The fraction of sp³-hybridized carbons (Fsp3) is 0.484. The summed E-state index contributed by atoms with van der Waals surface area (Å²) in [5.74, 6) is 0.436. The smallest absolute Gasteiger partial charge is 0.295 e. The Kier molecular flexibility index (Phi) is 9.17. The molecule has 1 fully saturated rings. The van der Waals surface area contributed by atoms with Gasteiger partial charge in [-0.2, -0.15) is 0 Å². The monoisotopic (exact) mass is 536 g/mol. The fourth-order valence-electron chi connectivity index (χ4n) is 5.42. The van der Waals surface area contributed by atoms with Gasteiger partial charge in [0.1, 0.15) is 17.6 Å². The van der Waals surface area contributed by atoms with Crippen LogP contribution in [0.3, 0.4) is 0 Å². The van der Waals surface area contributed by atoms with Gasteiger partial charge in [0.15, 0.2) is 11.5 Å². The van der Waals surface area contributed by atoms with Gasteiger partial charge in [0.25, 0.3) is 11.7 Å². The van der Waals surface area contributed by atoms with Gasteiger partial charge >= 0.3 is 0 Å². The van der Waals surface area contributed by atoms with Gasteiger partial charge in [-0.3, -0.25) is 9.59 Å². The van der Waals surface area contributed by atoms with Crippen molar-refractivity contribution in [1.82, 2.24) is 9.80 Å². The van der Waals surface area contributed by atoms with Crippen molar-refractivity contribution in [3.63, 3.8) is 0 Å². The highest BCUT2D eigenvalue weighted by Gasteiger charge is 2.46. The third kappa shape index (κ3) is 5.91. The Morgan fingerprint density at radius 2 is 1.74 bits per heavy atom. The van der Waals surface area contributed by atoms with E-state index in [1.54, 1.807) is 17.0 Å². The number of nitrogens with zero attached hydrogens (tertiary/aromatic N) is 2. The number of benzene rings is 2. The molecule has 8 heteroatoms. The zero-order chi connectivity index (χ0) is 28.1. The minimum Gasteiger partial charge on any atom is -0.507 e. The average Bonchev–Trinajstić information content (AvgIpc) is 3.42. The number of hydrogen-bond donors (Lipinski definition) is 1. The van der Waals surface area contributed by atoms with E-state index in [0.29, 0.717) is 48.8 Å². The highest BCUT2D eigenvalue weighted by Crippen LogP contribution is 2.43. The van der Waals surface area contributed by atoms with Crippen molar-refractivity contribution in [2.24, 2.45) is 0 Å². The third-order valence-corrected chi connectivity index (χ3v) is 7.36. The SMILES string of the molecule is CCOc1ccc(C2/C(=C(/O)c3ccc4c(c3)CC(C)O4)C(=O)C(=O)N2CCCN(CC)CC)cc1OCC. The molecule has 0 radical (unpaired) electrons. The summed E-state index contributed by atoms with van der Waals surface area (Å²) < 4.78 is 17.4. The van der Waals surface area contributed by atoms with Crippen LogP contribution in [0.25, 0.3) is 5.76 Å². The fourth-order valence-corrected chi connectivity index (χ4v) is 5.42. The molecule has 0 spiro atoms. The first kappa shape index (κ1) is 28.5. The summed E-state index contributed by atoms with van der Waals surface area (Å²) in [4.78, 5) is 30.8. The van der Waals surface area contributed by atoms with Crippen LogP contribution in [0.2, 0.25) is 0 Å². The molecule has 2 heterocycles. The van der Waals surface area contributed by atoms with Gasteiger partial charge in [-0.1, -0.05) is 19.9 Å². The molecular weight excluding hydrogens is 496 g/mol. The lowest BCUT2D eigenvalue weighted by atomic mass is 9.94. The number of ether oxygens (including phenoxy) is 3. The number of carbonyl (C=O) groups excluding carboxylic acids is 2. The highest BCUT2D eigenvalue weighted by molar-refractivity contribution is 6.46. The maximum absolute atomic E-state index is 13.5. The highest BCUT2D eigenvalue weighted by atomic mass is 16.5. The molecule has 0 saturated carbocycles. The Morgan fingerprint density at radius 1 is 1.03 bits per heavy atom. The number of fused-ring (bicyclic) bond motifs is 1. The molecule has 4 rings (SSSR count). The Labute approximate surface area is 231 Å². The first-order valence-corrected chi connectivity index (χ1v) is 14.0. The maximum atomic E-state index is 13.5. The van der Waals surface area contributed by atoms with Crippen LogP contribution < -0.4 is 14.2 Å². The topological polar surface area (TPSA) is 88.5 Å². The molecule has 2 unspecified atom stereocenters. The second-order valence-electron chi connectivity index (χ2n) is 9.90. The lowest BCUT2D eigenvalue weighted by molar-refractivity contribution is -0.140. The van der Waals surface area contributed by atoms with Crippen molar-refractivity contribution in [3.05, 3.63) is 58.7 Å². The number of likely N-dealkylation sites (tertiary alicyclic amines) is 1. The summed E-state index contributed by atoms with van der Waals surface area (Å²) in [5.41, 5.74) is 2.23. The average molecular weight is 537 g/mol. The second kappa shape index (κ2) is 12.6. The maximum Gasteiger partial charge on any atom is 0.295 e. The first-order chi connectivity index (χ1) is 18.8. The molecule has 1 saturated heterocycles. The van der Waals surface area contributed by atoms with Crippen LogP contribution in [0.15, 0.2) is 42.0 Å². The van der Waals surface area contributed by atoms with Crippen LogP contribution in [-0.2, 0) is 16.0 Å². The predicted octanol–water partition coefficient (Wildman–Crippen LogP) is 4.96. The van der Waals surface area contributed by atoms with Crippen LogP contribution in [0, 0.1) is 0 Å². The molecule has 210 valence electrons. The quantitative estimate of drug-likeness (QED) is 0.233. The van der Waals surface area contributed by atoms with Crippen LogP contribution in [0.4, 0.5) is 0 Å². The Balaban J connectivity index is 1.78. The van der Waals surface area contributed by atoms with Gasteiger partial charge < -0.3 is 29.1 Å². The summed E-state index contributed by atoms with van der Waals surface area (Å²) in [6.45, 7) is 13.9. The molecule has 8 nitrogen and oxygen atoms in total. The number of aliphatic hydroxyl groups is 1. The Hall–Kier alpha value is -3.52. The normalized spacial score (nSPS) is 19.9. The van der Waals surface area contributed by atoms with Gasteiger partial charge in [0.2, 0.25) is 0 Å². The molecule has 39 heavy (non-hydrogen) atoms. The third-order valence-electron chi connectivity index (χ3n) is 7.36. The Morgan fingerprint density at radius 3 is 2.44 bits per heavy atom. The zero-order valence-corrected chi connectivity index (χ0v) is 23.7. The largest absolute Gasteiger partial charge is 0.507 e. The number of Topliss-reactive ketones (excluding diaryl/α,β-unsaturated/α-hetero) is 1. The Bertz CT molecular complexity index is 1240. The van der Waals surface area contributed by atoms with Crippen LogP contribution in [0.5, 0.6) is 17.2 Å². The lowest BCUT2D eigenvalue weighted by Crippen LogP contribution is -2.33. The van der Waals surface area contributed by atoms with Gasteiger partial charge in [-0.05, 0) is 88.3 Å². The van der Waals surface area contributed by atoms with Crippen molar-refractivity contribution in [2.75, 3.05) is 39.4 Å². The molecule has 1 N–H and O–H groups in total. The van der Waals surface area contributed by atoms with E-state index < -0.39 is 17.7 Å². The number of ketones is 1. The van der Waals surface area contributed by atoms with E-state index in [0.717, 1.165) is 37.4 Å². The number of amides is 1. The molecule has 0 aliphatic carbocycles. The van der Waals surface area contributed by atoms with Gasteiger partial charge in [-0.15, -0.1) is 0 Å².